The minimum atomic E-state index is -1.09. The minimum Gasteiger partial charge on any atom is -0.388 e. The zero-order chi connectivity index (χ0) is 6.85. The van der Waals surface area contributed by atoms with Gasteiger partial charge >= 0.3 is 0 Å². The Morgan fingerprint density at radius 3 is 2.56 bits per heavy atom. The van der Waals surface area contributed by atoms with Crippen LogP contribution in [0.2, 0.25) is 0 Å². The van der Waals surface area contributed by atoms with Gasteiger partial charge in [-0.15, -0.1) is 0 Å². The van der Waals surface area contributed by atoms with Crippen molar-refractivity contribution in [2.24, 2.45) is 5.73 Å². The van der Waals surface area contributed by atoms with Crippen LogP contribution in [0.5, 0.6) is 0 Å². The molecule has 1 aliphatic rings. The van der Waals surface area contributed by atoms with Crippen LogP contribution in [0.25, 0.3) is 0 Å². The zero-order valence-corrected chi connectivity index (χ0v) is 5.26. The van der Waals surface area contributed by atoms with E-state index in [1.54, 1.807) is 0 Å². The summed E-state index contributed by atoms with van der Waals surface area (Å²) in [5.74, 6) is 0. The van der Waals surface area contributed by atoms with Crippen molar-refractivity contribution in [3.05, 3.63) is 0 Å². The predicted molar refractivity (Wildman–Crippen MR) is 32.7 cm³/mol. The molecule has 1 fully saturated rings. The van der Waals surface area contributed by atoms with Gasteiger partial charge in [0.05, 0.1) is 0 Å². The van der Waals surface area contributed by atoms with Gasteiger partial charge in [0, 0.05) is 6.04 Å². The van der Waals surface area contributed by atoms with E-state index in [0.29, 0.717) is 6.42 Å². The lowest BCUT2D eigenvalue weighted by atomic mass is 9.92. The van der Waals surface area contributed by atoms with Gasteiger partial charge in [-0.3, -0.25) is 0 Å². The molecule has 3 heteroatoms. The van der Waals surface area contributed by atoms with Gasteiger partial charge in [0.15, 0.2) is 0 Å². The Morgan fingerprint density at radius 2 is 2.11 bits per heavy atom. The van der Waals surface area contributed by atoms with Crippen molar-refractivity contribution in [3.63, 3.8) is 0 Å². The van der Waals surface area contributed by atoms with Crippen molar-refractivity contribution in [1.82, 2.24) is 0 Å². The first-order valence-electron chi connectivity index (χ1n) is 3.29. The van der Waals surface area contributed by atoms with Crippen LogP contribution in [0, 0.1) is 0 Å². The average molecular weight is 133 g/mol. The SMILES string of the molecule is NC1CCCC(F)C1O. The monoisotopic (exact) mass is 133 g/mol. The molecule has 0 aliphatic heterocycles. The Bertz CT molecular complexity index is 89.1. The molecular formula is C6H12FNO. The number of rotatable bonds is 0. The maximum Gasteiger partial charge on any atom is 0.127 e. The number of hydrogen-bond acceptors (Lipinski definition) is 2. The molecule has 54 valence electrons. The average Bonchev–Trinajstić information content (AvgIpc) is 1.83. The lowest BCUT2D eigenvalue weighted by Gasteiger charge is -2.26. The molecule has 0 spiro atoms. The molecule has 1 aliphatic carbocycles. The van der Waals surface area contributed by atoms with Crippen molar-refractivity contribution < 1.29 is 9.50 Å². The van der Waals surface area contributed by atoms with Crippen LogP contribution in [0.3, 0.4) is 0 Å². The summed E-state index contributed by atoms with van der Waals surface area (Å²) >= 11 is 0. The Balaban J connectivity index is 2.41. The van der Waals surface area contributed by atoms with Crippen LogP contribution in [0.4, 0.5) is 4.39 Å². The number of alkyl halides is 1. The van der Waals surface area contributed by atoms with Crippen molar-refractivity contribution in [1.29, 1.82) is 0 Å². The first-order valence-corrected chi connectivity index (χ1v) is 3.29. The molecule has 0 saturated heterocycles. The maximum atomic E-state index is 12.5. The van der Waals surface area contributed by atoms with E-state index in [1.807, 2.05) is 0 Å². The van der Waals surface area contributed by atoms with E-state index in [1.165, 1.54) is 0 Å². The Hall–Kier alpha value is -0.150. The van der Waals surface area contributed by atoms with Gasteiger partial charge in [0.1, 0.15) is 12.3 Å². The highest BCUT2D eigenvalue weighted by atomic mass is 19.1. The summed E-state index contributed by atoms with van der Waals surface area (Å²) in [5, 5.41) is 8.95. The topological polar surface area (TPSA) is 46.2 Å². The normalized spacial score (nSPS) is 45.0. The quantitative estimate of drug-likeness (QED) is 0.495. The van der Waals surface area contributed by atoms with Crippen LogP contribution in [-0.4, -0.2) is 23.4 Å². The molecule has 0 aromatic carbocycles. The molecule has 0 aromatic rings. The van der Waals surface area contributed by atoms with E-state index in [4.69, 9.17) is 10.8 Å². The van der Waals surface area contributed by atoms with Crippen LogP contribution >= 0.6 is 0 Å². The number of halogens is 1. The van der Waals surface area contributed by atoms with Crippen LogP contribution in [-0.2, 0) is 0 Å². The molecule has 1 rings (SSSR count). The number of hydrogen-bond donors (Lipinski definition) is 2. The molecule has 2 nitrogen and oxygen atoms in total. The van der Waals surface area contributed by atoms with Gasteiger partial charge < -0.3 is 10.8 Å². The molecule has 0 bridgehead atoms. The Kier molecular flexibility index (Phi) is 2.03. The van der Waals surface area contributed by atoms with Crippen molar-refractivity contribution in [2.75, 3.05) is 0 Å². The van der Waals surface area contributed by atoms with Gasteiger partial charge in [-0.05, 0) is 19.3 Å². The molecule has 3 unspecified atom stereocenters. The molecule has 9 heavy (non-hydrogen) atoms. The zero-order valence-electron chi connectivity index (χ0n) is 5.26. The van der Waals surface area contributed by atoms with E-state index >= 15 is 0 Å². The van der Waals surface area contributed by atoms with Gasteiger partial charge in [-0.2, -0.15) is 0 Å². The highest BCUT2D eigenvalue weighted by molar-refractivity contribution is 4.83. The van der Waals surface area contributed by atoms with Crippen molar-refractivity contribution in [3.8, 4) is 0 Å². The highest BCUT2D eigenvalue weighted by Gasteiger charge is 2.28. The summed E-state index contributed by atoms with van der Waals surface area (Å²) in [6, 6.07) is -0.339. The minimum absolute atomic E-state index is 0.339. The molecule has 0 aromatic heterocycles. The molecule has 0 radical (unpaired) electrons. The predicted octanol–water partition coefficient (Wildman–Crippen LogP) is 0.197. The number of aliphatic hydroxyl groups excluding tert-OH is 1. The third-order valence-corrected chi connectivity index (χ3v) is 1.83. The van der Waals surface area contributed by atoms with E-state index in [-0.39, 0.29) is 6.04 Å². The molecule has 3 atom stereocenters. The Labute approximate surface area is 53.9 Å². The second-order valence-electron chi connectivity index (χ2n) is 2.60. The van der Waals surface area contributed by atoms with Gasteiger partial charge in [-0.1, -0.05) is 0 Å². The van der Waals surface area contributed by atoms with E-state index < -0.39 is 12.3 Å². The summed E-state index contributed by atoms with van der Waals surface area (Å²) in [7, 11) is 0. The molecule has 3 N–H and O–H groups in total. The second-order valence-corrected chi connectivity index (χ2v) is 2.60. The number of nitrogens with two attached hydrogens (primary N) is 1. The fourth-order valence-electron chi connectivity index (χ4n) is 1.16. The lowest BCUT2D eigenvalue weighted by molar-refractivity contribution is 0.0284. The number of aliphatic hydroxyl groups is 1. The fraction of sp³-hybridized carbons (Fsp3) is 1.00. The molecule has 0 heterocycles. The largest absolute Gasteiger partial charge is 0.388 e. The Morgan fingerprint density at radius 1 is 1.44 bits per heavy atom. The standard InChI is InChI=1S/C6H12FNO/c7-4-2-1-3-5(8)6(4)9/h4-6,9H,1-3,8H2. The van der Waals surface area contributed by atoms with Gasteiger partial charge in [-0.25, -0.2) is 4.39 Å². The first kappa shape index (κ1) is 6.96. The van der Waals surface area contributed by atoms with E-state index in [0.717, 1.165) is 12.8 Å². The van der Waals surface area contributed by atoms with Crippen LogP contribution in [0.15, 0.2) is 0 Å². The second kappa shape index (κ2) is 2.62. The van der Waals surface area contributed by atoms with Gasteiger partial charge in [0.2, 0.25) is 0 Å². The van der Waals surface area contributed by atoms with Crippen molar-refractivity contribution >= 4 is 0 Å². The first-order chi connectivity index (χ1) is 4.22. The van der Waals surface area contributed by atoms with E-state index in [2.05, 4.69) is 0 Å². The van der Waals surface area contributed by atoms with E-state index in [9.17, 15) is 4.39 Å². The van der Waals surface area contributed by atoms with Crippen LogP contribution < -0.4 is 5.73 Å². The molecular weight excluding hydrogens is 121 g/mol. The summed E-state index contributed by atoms with van der Waals surface area (Å²) in [4.78, 5) is 0. The molecule has 0 amide bonds. The molecule has 1 saturated carbocycles. The third-order valence-electron chi connectivity index (χ3n) is 1.83. The summed E-state index contributed by atoms with van der Waals surface area (Å²) in [6.45, 7) is 0. The fourth-order valence-corrected chi connectivity index (χ4v) is 1.16. The highest BCUT2D eigenvalue weighted by Crippen LogP contribution is 2.19. The lowest BCUT2D eigenvalue weighted by Crippen LogP contribution is -2.44. The maximum absolute atomic E-state index is 12.5. The third kappa shape index (κ3) is 1.40. The summed E-state index contributed by atoms with van der Waals surface area (Å²) < 4.78 is 12.5. The van der Waals surface area contributed by atoms with Crippen molar-refractivity contribution in [2.45, 2.75) is 37.6 Å². The van der Waals surface area contributed by atoms with Gasteiger partial charge in [0.25, 0.3) is 0 Å². The summed E-state index contributed by atoms with van der Waals surface area (Å²) in [6.07, 6.45) is 0.0167. The summed E-state index contributed by atoms with van der Waals surface area (Å²) in [5.41, 5.74) is 5.38. The van der Waals surface area contributed by atoms with Crippen LogP contribution in [0.1, 0.15) is 19.3 Å². The smallest absolute Gasteiger partial charge is 0.127 e.